The molecule has 4 aromatic rings. The average molecular weight is 373 g/mol. The minimum absolute atomic E-state index is 0.361. The van der Waals surface area contributed by atoms with Gasteiger partial charge in [0.2, 0.25) is 0 Å². The first kappa shape index (κ1) is 17.1. The van der Waals surface area contributed by atoms with Crippen molar-refractivity contribution in [3.63, 3.8) is 0 Å². The monoisotopic (exact) mass is 373 g/mol. The van der Waals surface area contributed by atoms with Crippen LogP contribution in [-0.4, -0.2) is 31.2 Å². The number of rotatable bonds is 4. The molecule has 0 bridgehead atoms. The Morgan fingerprint density at radius 2 is 2.00 bits per heavy atom. The van der Waals surface area contributed by atoms with Crippen LogP contribution < -0.4 is 0 Å². The molecule has 1 saturated heterocycles. The highest BCUT2D eigenvalue weighted by Crippen LogP contribution is 2.36. The zero-order valence-corrected chi connectivity index (χ0v) is 16.2. The standard InChI is InChI=1S/C22H23N5O/c1-15-21(16(2)28-25-15)20-9-6-10-26(20)13-17-11-23-22-19(12-24-27(22)14-17)18-7-4-3-5-8-18/h3-5,7-8,11-12,14,20H,6,9-10,13H2,1-2H3. The highest BCUT2D eigenvalue weighted by molar-refractivity contribution is 5.76. The molecule has 4 heterocycles. The van der Waals surface area contributed by atoms with Crippen molar-refractivity contribution in [3.05, 3.63) is 71.5 Å². The quantitative estimate of drug-likeness (QED) is 0.533. The largest absolute Gasteiger partial charge is 0.361 e. The van der Waals surface area contributed by atoms with Gasteiger partial charge in [-0.25, -0.2) is 9.50 Å². The Hall–Kier alpha value is -2.99. The van der Waals surface area contributed by atoms with Gasteiger partial charge in [0, 0.05) is 41.7 Å². The van der Waals surface area contributed by atoms with Crippen LogP contribution in [0.3, 0.4) is 0 Å². The lowest BCUT2D eigenvalue weighted by atomic mass is 10.0. The van der Waals surface area contributed by atoms with E-state index in [0.717, 1.165) is 53.3 Å². The summed E-state index contributed by atoms with van der Waals surface area (Å²) in [5.41, 5.74) is 6.49. The zero-order valence-electron chi connectivity index (χ0n) is 16.2. The molecule has 0 N–H and O–H groups in total. The lowest BCUT2D eigenvalue weighted by molar-refractivity contribution is 0.245. The third kappa shape index (κ3) is 2.90. The topological polar surface area (TPSA) is 59.5 Å². The molecule has 0 radical (unpaired) electrons. The number of aromatic nitrogens is 4. The maximum absolute atomic E-state index is 5.41. The van der Waals surface area contributed by atoms with Crippen molar-refractivity contribution < 1.29 is 4.52 Å². The fraction of sp³-hybridized carbons (Fsp3) is 0.318. The molecule has 6 heteroatoms. The lowest BCUT2D eigenvalue weighted by Gasteiger charge is -2.24. The molecule has 1 aromatic carbocycles. The molecule has 1 atom stereocenters. The first-order valence-corrected chi connectivity index (χ1v) is 9.75. The molecule has 1 fully saturated rings. The molecule has 142 valence electrons. The maximum atomic E-state index is 5.41. The number of hydrogen-bond acceptors (Lipinski definition) is 5. The van der Waals surface area contributed by atoms with E-state index in [0.29, 0.717) is 6.04 Å². The number of hydrogen-bond donors (Lipinski definition) is 0. The van der Waals surface area contributed by atoms with Crippen molar-refractivity contribution in [1.29, 1.82) is 0 Å². The molecule has 0 amide bonds. The number of benzene rings is 1. The smallest absolute Gasteiger partial charge is 0.162 e. The summed E-state index contributed by atoms with van der Waals surface area (Å²) in [6.45, 7) is 5.96. The van der Waals surface area contributed by atoms with Crippen molar-refractivity contribution >= 4 is 5.65 Å². The van der Waals surface area contributed by atoms with E-state index in [1.807, 2.05) is 49.0 Å². The van der Waals surface area contributed by atoms with E-state index in [4.69, 9.17) is 9.51 Å². The van der Waals surface area contributed by atoms with Crippen molar-refractivity contribution in [3.8, 4) is 11.1 Å². The highest BCUT2D eigenvalue weighted by atomic mass is 16.5. The summed E-state index contributed by atoms with van der Waals surface area (Å²) in [5, 5.41) is 8.68. The highest BCUT2D eigenvalue weighted by Gasteiger charge is 2.30. The Balaban J connectivity index is 1.43. The molecule has 6 nitrogen and oxygen atoms in total. The first-order valence-electron chi connectivity index (χ1n) is 9.75. The summed E-state index contributed by atoms with van der Waals surface area (Å²) in [6.07, 6.45) is 8.29. The first-order chi connectivity index (χ1) is 13.7. The van der Waals surface area contributed by atoms with Crippen LogP contribution in [0.2, 0.25) is 0 Å². The Morgan fingerprint density at radius 3 is 2.79 bits per heavy atom. The molecule has 1 aliphatic heterocycles. The van der Waals surface area contributed by atoms with Gasteiger partial charge in [-0.2, -0.15) is 5.10 Å². The second-order valence-electron chi connectivity index (χ2n) is 7.52. The molecule has 0 aliphatic carbocycles. The van der Waals surface area contributed by atoms with Crippen LogP contribution >= 0.6 is 0 Å². The molecule has 3 aromatic heterocycles. The van der Waals surface area contributed by atoms with Gasteiger partial charge < -0.3 is 4.52 Å². The summed E-state index contributed by atoms with van der Waals surface area (Å²) in [4.78, 5) is 7.22. The van der Waals surface area contributed by atoms with Crippen molar-refractivity contribution in [2.45, 2.75) is 39.3 Å². The van der Waals surface area contributed by atoms with E-state index >= 15 is 0 Å². The van der Waals surface area contributed by atoms with Crippen molar-refractivity contribution in [2.24, 2.45) is 0 Å². The normalized spacial score (nSPS) is 17.6. The SMILES string of the molecule is Cc1noc(C)c1C1CCCN1Cc1cnc2c(-c3ccccc3)cnn2c1. The van der Waals surface area contributed by atoms with E-state index in [1.54, 1.807) is 0 Å². The third-order valence-electron chi connectivity index (χ3n) is 5.67. The number of fused-ring (bicyclic) bond motifs is 1. The molecule has 0 saturated carbocycles. The van der Waals surface area contributed by atoms with Gasteiger partial charge in [-0.3, -0.25) is 4.90 Å². The molecule has 1 unspecified atom stereocenters. The minimum atomic E-state index is 0.361. The van der Waals surface area contributed by atoms with Crippen LogP contribution in [-0.2, 0) is 6.54 Å². The summed E-state index contributed by atoms with van der Waals surface area (Å²) in [6, 6.07) is 10.6. The Morgan fingerprint density at radius 1 is 1.14 bits per heavy atom. The van der Waals surface area contributed by atoms with Crippen LogP contribution in [0.25, 0.3) is 16.8 Å². The lowest BCUT2D eigenvalue weighted by Crippen LogP contribution is -2.23. The van der Waals surface area contributed by atoms with Gasteiger partial charge in [0.05, 0.1) is 11.9 Å². The molecule has 5 rings (SSSR count). The van der Waals surface area contributed by atoms with E-state index in [2.05, 4.69) is 33.5 Å². The van der Waals surface area contributed by atoms with E-state index in [1.165, 1.54) is 12.0 Å². The third-order valence-corrected chi connectivity index (χ3v) is 5.67. The van der Waals surface area contributed by atoms with E-state index < -0.39 is 0 Å². The van der Waals surface area contributed by atoms with Crippen LogP contribution in [0.4, 0.5) is 0 Å². The number of nitrogens with zero attached hydrogens (tertiary/aromatic N) is 5. The summed E-state index contributed by atoms with van der Waals surface area (Å²) >= 11 is 0. The van der Waals surface area contributed by atoms with Crippen molar-refractivity contribution in [1.82, 2.24) is 24.7 Å². The maximum Gasteiger partial charge on any atom is 0.162 e. The minimum Gasteiger partial charge on any atom is -0.361 e. The summed E-state index contributed by atoms with van der Waals surface area (Å²) < 4.78 is 7.29. The van der Waals surface area contributed by atoms with Gasteiger partial charge in [0.1, 0.15) is 5.76 Å². The predicted octanol–water partition coefficient (Wildman–Crippen LogP) is 4.34. The van der Waals surface area contributed by atoms with Crippen LogP contribution in [0.1, 0.15) is 41.5 Å². The second-order valence-corrected chi connectivity index (χ2v) is 7.52. The molecule has 1 aliphatic rings. The number of likely N-dealkylation sites (tertiary alicyclic amines) is 1. The van der Waals surface area contributed by atoms with E-state index in [-0.39, 0.29) is 0 Å². The Labute approximate surface area is 163 Å². The Kier molecular flexibility index (Phi) is 4.20. The summed E-state index contributed by atoms with van der Waals surface area (Å²) in [5.74, 6) is 0.933. The Bertz CT molecular complexity index is 1100. The second kappa shape index (κ2) is 6.87. The van der Waals surface area contributed by atoms with Gasteiger partial charge in [-0.1, -0.05) is 35.5 Å². The fourth-order valence-corrected chi connectivity index (χ4v) is 4.36. The van der Waals surface area contributed by atoms with Crippen LogP contribution in [0, 0.1) is 13.8 Å². The zero-order chi connectivity index (χ0) is 19.1. The molecular formula is C22H23N5O. The van der Waals surface area contributed by atoms with Crippen LogP contribution in [0.5, 0.6) is 0 Å². The molecular weight excluding hydrogens is 350 g/mol. The fourth-order valence-electron chi connectivity index (χ4n) is 4.36. The van der Waals surface area contributed by atoms with Gasteiger partial charge >= 0.3 is 0 Å². The number of aryl methyl sites for hydroxylation is 2. The van der Waals surface area contributed by atoms with Crippen molar-refractivity contribution in [2.75, 3.05) is 6.54 Å². The van der Waals surface area contributed by atoms with Gasteiger partial charge in [0.15, 0.2) is 5.65 Å². The van der Waals surface area contributed by atoms with Gasteiger partial charge in [-0.15, -0.1) is 0 Å². The predicted molar refractivity (Wildman–Crippen MR) is 107 cm³/mol. The molecule has 28 heavy (non-hydrogen) atoms. The van der Waals surface area contributed by atoms with Gasteiger partial charge in [-0.05, 0) is 38.8 Å². The average Bonchev–Trinajstić information content (AvgIpc) is 3.41. The van der Waals surface area contributed by atoms with Gasteiger partial charge in [0.25, 0.3) is 0 Å². The van der Waals surface area contributed by atoms with Crippen LogP contribution in [0.15, 0.2) is 53.4 Å². The molecule has 0 spiro atoms. The van der Waals surface area contributed by atoms with E-state index in [9.17, 15) is 0 Å². The summed E-state index contributed by atoms with van der Waals surface area (Å²) in [7, 11) is 0.